The molecule has 1 aliphatic carbocycles. The molecule has 4 heteroatoms. The summed E-state index contributed by atoms with van der Waals surface area (Å²) in [5.74, 6) is -0.140. The highest BCUT2D eigenvalue weighted by Crippen LogP contribution is 2.39. The van der Waals surface area contributed by atoms with Gasteiger partial charge in [-0.1, -0.05) is 12.8 Å². The standard InChI is InChI=1S/C16H22N2O2/c17-12-7-8-13(16(19)20)15(10-12)18-9-3-5-11-4-1-2-6-14(11)18/h7-8,10-11,14H,1-6,9,17H2,(H,19,20). The number of nitrogens with two attached hydrogens (primary N) is 1. The van der Waals surface area contributed by atoms with Gasteiger partial charge in [-0.25, -0.2) is 4.79 Å². The molecule has 2 aliphatic rings. The van der Waals surface area contributed by atoms with Crippen LogP contribution in [-0.2, 0) is 0 Å². The molecule has 2 atom stereocenters. The lowest BCUT2D eigenvalue weighted by Gasteiger charge is -2.45. The molecule has 2 unspecified atom stereocenters. The number of rotatable bonds is 2. The van der Waals surface area contributed by atoms with E-state index in [-0.39, 0.29) is 0 Å². The second-order valence-electron chi connectivity index (χ2n) is 6.03. The smallest absolute Gasteiger partial charge is 0.337 e. The SMILES string of the molecule is Nc1ccc(C(=O)O)c(N2CCCC3CCCCC32)c1. The highest BCUT2D eigenvalue weighted by atomic mass is 16.4. The molecule has 2 fully saturated rings. The first-order valence-corrected chi connectivity index (χ1v) is 7.56. The number of fused-ring (bicyclic) bond motifs is 1. The Bertz CT molecular complexity index is 513. The Morgan fingerprint density at radius 1 is 1.20 bits per heavy atom. The fraction of sp³-hybridized carbons (Fsp3) is 0.562. The number of aromatic carboxylic acids is 1. The van der Waals surface area contributed by atoms with Gasteiger partial charge in [-0.3, -0.25) is 0 Å². The Morgan fingerprint density at radius 2 is 1.95 bits per heavy atom. The molecule has 1 aromatic carbocycles. The van der Waals surface area contributed by atoms with Gasteiger partial charge in [0.15, 0.2) is 0 Å². The van der Waals surface area contributed by atoms with E-state index in [2.05, 4.69) is 4.90 Å². The van der Waals surface area contributed by atoms with Crippen molar-refractivity contribution in [3.8, 4) is 0 Å². The number of hydrogen-bond donors (Lipinski definition) is 2. The van der Waals surface area contributed by atoms with Crippen LogP contribution in [-0.4, -0.2) is 23.7 Å². The van der Waals surface area contributed by atoms with Gasteiger partial charge < -0.3 is 15.7 Å². The molecule has 3 rings (SSSR count). The maximum atomic E-state index is 11.5. The van der Waals surface area contributed by atoms with Crippen LogP contribution in [0, 0.1) is 5.92 Å². The van der Waals surface area contributed by atoms with Crippen LogP contribution in [0.1, 0.15) is 48.9 Å². The summed E-state index contributed by atoms with van der Waals surface area (Å²) < 4.78 is 0. The molecule has 1 aromatic rings. The third kappa shape index (κ3) is 2.35. The normalized spacial score (nSPS) is 26.1. The first-order chi connectivity index (χ1) is 9.66. The molecule has 0 spiro atoms. The van der Waals surface area contributed by atoms with E-state index < -0.39 is 5.97 Å². The first-order valence-electron chi connectivity index (χ1n) is 7.56. The molecule has 0 amide bonds. The molecular formula is C16H22N2O2. The van der Waals surface area contributed by atoms with E-state index in [9.17, 15) is 9.90 Å². The first kappa shape index (κ1) is 13.3. The molecule has 1 saturated heterocycles. The van der Waals surface area contributed by atoms with Gasteiger partial charge in [0, 0.05) is 18.3 Å². The van der Waals surface area contributed by atoms with Crippen molar-refractivity contribution in [1.82, 2.24) is 0 Å². The molecule has 0 aromatic heterocycles. The van der Waals surface area contributed by atoms with Crippen molar-refractivity contribution in [3.63, 3.8) is 0 Å². The van der Waals surface area contributed by atoms with Gasteiger partial charge in [0.1, 0.15) is 0 Å². The highest BCUT2D eigenvalue weighted by Gasteiger charge is 2.34. The van der Waals surface area contributed by atoms with Crippen LogP contribution in [0.3, 0.4) is 0 Å². The van der Waals surface area contributed by atoms with Gasteiger partial charge in [0.05, 0.1) is 11.3 Å². The van der Waals surface area contributed by atoms with Crippen LogP contribution in [0.15, 0.2) is 18.2 Å². The second-order valence-corrected chi connectivity index (χ2v) is 6.03. The zero-order valence-corrected chi connectivity index (χ0v) is 11.7. The Kier molecular flexibility index (Phi) is 3.55. The minimum atomic E-state index is -0.863. The van der Waals surface area contributed by atoms with Gasteiger partial charge in [-0.05, 0) is 49.8 Å². The van der Waals surface area contributed by atoms with Gasteiger partial charge in [-0.2, -0.15) is 0 Å². The highest BCUT2D eigenvalue weighted by molar-refractivity contribution is 5.95. The van der Waals surface area contributed by atoms with Crippen molar-refractivity contribution in [2.45, 2.75) is 44.6 Å². The Balaban J connectivity index is 1.98. The molecule has 3 N–H and O–H groups in total. The van der Waals surface area contributed by atoms with Crippen molar-refractivity contribution in [2.75, 3.05) is 17.2 Å². The Labute approximate surface area is 119 Å². The predicted molar refractivity (Wildman–Crippen MR) is 80.1 cm³/mol. The van der Waals surface area contributed by atoms with Crippen molar-refractivity contribution in [1.29, 1.82) is 0 Å². The van der Waals surface area contributed by atoms with Crippen LogP contribution in [0.2, 0.25) is 0 Å². The van der Waals surface area contributed by atoms with E-state index in [1.807, 2.05) is 6.07 Å². The third-order valence-electron chi connectivity index (χ3n) is 4.80. The van der Waals surface area contributed by atoms with E-state index in [4.69, 9.17) is 5.73 Å². The number of anilines is 2. The number of hydrogen-bond acceptors (Lipinski definition) is 3. The number of carbonyl (C=O) groups is 1. The minimum absolute atomic E-state index is 0.380. The van der Waals surface area contributed by atoms with Crippen LogP contribution in [0.5, 0.6) is 0 Å². The monoisotopic (exact) mass is 274 g/mol. The maximum Gasteiger partial charge on any atom is 0.337 e. The molecule has 20 heavy (non-hydrogen) atoms. The number of nitrogen functional groups attached to an aromatic ring is 1. The van der Waals surface area contributed by atoms with Crippen molar-refractivity contribution in [2.24, 2.45) is 5.92 Å². The Hall–Kier alpha value is -1.71. The minimum Gasteiger partial charge on any atom is -0.478 e. The second kappa shape index (κ2) is 5.35. The van der Waals surface area contributed by atoms with E-state index in [1.54, 1.807) is 12.1 Å². The molecule has 1 aliphatic heterocycles. The number of piperidine rings is 1. The summed E-state index contributed by atoms with van der Waals surface area (Å²) in [5.41, 5.74) is 7.72. The van der Waals surface area contributed by atoms with Crippen LogP contribution >= 0.6 is 0 Å². The van der Waals surface area contributed by atoms with Crippen LogP contribution in [0.4, 0.5) is 11.4 Å². The largest absolute Gasteiger partial charge is 0.478 e. The van der Waals surface area contributed by atoms with Crippen molar-refractivity contribution in [3.05, 3.63) is 23.8 Å². The average molecular weight is 274 g/mol. The van der Waals surface area contributed by atoms with E-state index in [0.29, 0.717) is 17.3 Å². The summed E-state index contributed by atoms with van der Waals surface area (Å²) in [6, 6.07) is 5.65. The fourth-order valence-electron chi connectivity index (χ4n) is 3.89. The lowest BCUT2D eigenvalue weighted by molar-refractivity contribution is 0.0697. The van der Waals surface area contributed by atoms with Gasteiger partial charge >= 0.3 is 5.97 Å². The number of benzene rings is 1. The number of carboxylic acids is 1. The zero-order chi connectivity index (χ0) is 14.1. The molecule has 0 radical (unpaired) electrons. The molecule has 108 valence electrons. The van der Waals surface area contributed by atoms with Gasteiger partial charge in [0.2, 0.25) is 0 Å². The Morgan fingerprint density at radius 3 is 2.75 bits per heavy atom. The van der Waals surface area contributed by atoms with E-state index >= 15 is 0 Å². The third-order valence-corrected chi connectivity index (χ3v) is 4.80. The fourth-order valence-corrected chi connectivity index (χ4v) is 3.89. The molecule has 1 saturated carbocycles. The lowest BCUT2D eigenvalue weighted by Crippen LogP contribution is -2.47. The van der Waals surface area contributed by atoms with E-state index in [1.165, 1.54) is 32.1 Å². The topological polar surface area (TPSA) is 66.6 Å². The summed E-state index contributed by atoms with van der Waals surface area (Å²) in [7, 11) is 0. The summed E-state index contributed by atoms with van der Waals surface area (Å²) in [4.78, 5) is 13.8. The van der Waals surface area contributed by atoms with Gasteiger partial charge in [-0.15, -0.1) is 0 Å². The van der Waals surface area contributed by atoms with Crippen LogP contribution in [0.25, 0.3) is 0 Å². The molecule has 4 nitrogen and oxygen atoms in total. The maximum absolute atomic E-state index is 11.5. The summed E-state index contributed by atoms with van der Waals surface area (Å²) in [5, 5.41) is 9.42. The van der Waals surface area contributed by atoms with Crippen molar-refractivity contribution < 1.29 is 9.90 Å². The average Bonchev–Trinajstić information content (AvgIpc) is 2.46. The van der Waals surface area contributed by atoms with Crippen molar-refractivity contribution >= 4 is 17.3 Å². The lowest BCUT2D eigenvalue weighted by atomic mass is 9.78. The summed E-state index contributed by atoms with van der Waals surface area (Å²) in [6.45, 7) is 0.949. The number of carboxylic acid groups (broad SMARTS) is 1. The molecule has 0 bridgehead atoms. The predicted octanol–water partition coefficient (Wildman–Crippen LogP) is 3.13. The zero-order valence-electron chi connectivity index (χ0n) is 11.7. The molecular weight excluding hydrogens is 252 g/mol. The number of nitrogens with zero attached hydrogens (tertiary/aromatic N) is 1. The summed E-state index contributed by atoms with van der Waals surface area (Å²) in [6.07, 6.45) is 7.46. The molecule has 1 heterocycles. The van der Waals surface area contributed by atoms with Crippen LogP contribution < -0.4 is 10.6 Å². The summed E-state index contributed by atoms with van der Waals surface area (Å²) >= 11 is 0. The van der Waals surface area contributed by atoms with Gasteiger partial charge in [0.25, 0.3) is 0 Å². The van der Waals surface area contributed by atoms with E-state index in [0.717, 1.165) is 24.6 Å². The quantitative estimate of drug-likeness (QED) is 0.813.